The van der Waals surface area contributed by atoms with E-state index in [0.717, 1.165) is 20.0 Å². The fraction of sp³-hybridized carbons (Fsp3) is 1.00. The van der Waals surface area contributed by atoms with Crippen molar-refractivity contribution in [2.24, 2.45) is 0 Å². The summed E-state index contributed by atoms with van der Waals surface area (Å²) >= 11 is 5.60. The van der Waals surface area contributed by atoms with Gasteiger partial charge in [-0.05, 0) is 10.6 Å². The third-order valence-electron chi connectivity index (χ3n) is 4.58. The van der Waals surface area contributed by atoms with E-state index < -0.39 is 16.1 Å². The molecule has 0 nitrogen and oxygen atoms in total. The Morgan fingerprint density at radius 2 is 0.864 bits per heavy atom. The van der Waals surface area contributed by atoms with Gasteiger partial charge in [0.2, 0.25) is 9.14 Å². The van der Waals surface area contributed by atoms with Gasteiger partial charge in [-0.25, -0.2) is 0 Å². The van der Waals surface area contributed by atoms with Crippen LogP contribution in [0.25, 0.3) is 0 Å². The zero-order valence-corrected chi connectivity index (χ0v) is 23.4. The van der Waals surface area contributed by atoms with E-state index in [-0.39, 0.29) is 0 Å². The highest BCUT2D eigenvalue weighted by Crippen LogP contribution is 2.56. The molecule has 130 valence electrons. The molecule has 0 aliphatic carbocycles. The molecular weight excluding hydrogens is 524 g/mol. The van der Waals surface area contributed by atoms with E-state index in [1.165, 1.54) is 0 Å². The zero-order chi connectivity index (χ0) is 18.3. The van der Waals surface area contributed by atoms with E-state index in [0.29, 0.717) is 10.6 Å². The van der Waals surface area contributed by atoms with Crippen LogP contribution in [0.4, 0.5) is 0 Å². The number of hydrogen-bond acceptors (Lipinski definition) is 0. The maximum Gasteiger partial charge on any atom is 0.219 e. The summed E-state index contributed by atoms with van der Waals surface area (Å²) in [4.78, 5) is 0. The Hall–Kier alpha value is 2.02. The molecule has 0 aliphatic heterocycles. The Bertz CT molecular complexity index is 328. The molecule has 0 aliphatic rings. The number of halogens is 2. The Morgan fingerprint density at radius 1 is 0.636 bits per heavy atom. The minimum absolute atomic E-state index is 0.372. The van der Waals surface area contributed by atoms with Gasteiger partial charge in [-0.2, -0.15) is 0 Å². The summed E-state index contributed by atoms with van der Waals surface area (Å²) in [5.74, 6) is 0. The van der Waals surface area contributed by atoms with Crippen molar-refractivity contribution in [2.45, 2.75) is 102 Å². The van der Waals surface area contributed by atoms with Crippen LogP contribution in [0.5, 0.6) is 0 Å². The van der Waals surface area contributed by atoms with Gasteiger partial charge < -0.3 is 0 Å². The first-order chi connectivity index (χ1) is 9.31. The lowest BCUT2D eigenvalue weighted by Gasteiger charge is -2.50. The molecule has 0 heterocycles. The van der Waals surface area contributed by atoms with E-state index in [1.54, 1.807) is 0 Å². The first-order valence-corrected chi connectivity index (χ1v) is 18.2. The second kappa shape index (κ2) is 7.72. The van der Waals surface area contributed by atoms with Crippen molar-refractivity contribution in [2.75, 3.05) is 0 Å². The SMILES string of the molecule is CC(C)(C)B(I)C(B(I)C(C)(C)C)C([Si](C)(C)C)[Si](C)(C)C. The summed E-state index contributed by atoms with van der Waals surface area (Å²) in [6.45, 7) is 30.3. The van der Waals surface area contributed by atoms with Crippen LogP contribution in [0.3, 0.4) is 0 Å². The molecule has 0 atom stereocenters. The van der Waals surface area contributed by atoms with E-state index in [9.17, 15) is 0 Å². The largest absolute Gasteiger partial charge is 0.219 e. The van der Waals surface area contributed by atoms with Gasteiger partial charge in [-0.1, -0.05) is 91.7 Å². The van der Waals surface area contributed by atoms with Crippen LogP contribution in [0.15, 0.2) is 0 Å². The van der Waals surface area contributed by atoms with Crippen molar-refractivity contribution < 1.29 is 0 Å². The van der Waals surface area contributed by atoms with Crippen LogP contribution >= 0.6 is 44.7 Å². The quantitative estimate of drug-likeness (QED) is 0.236. The molecule has 0 radical (unpaired) electrons. The van der Waals surface area contributed by atoms with Crippen LogP contribution in [0.2, 0.25) is 60.8 Å². The lowest BCUT2D eigenvalue weighted by molar-refractivity contribution is 0.719. The highest BCUT2D eigenvalue weighted by molar-refractivity contribution is 14.1. The van der Waals surface area contributed by atoms with E-state index >= 15 is 0 Å². The molecule has 0 aromatic rings. The summed E-state index contributed by atoms with van der Waals surface area (Å²) in [7, 11) is -2.43. The van der Waals surface area contributed by atoms with Gasteiger partial charge in [0, 0.05) is 16.1 Å². The predicted octanol–water partition coefficient (Wildman–Crippen LogP) is 7.93. The van der Waals surface area contributed by atoms with Crippen LogP contribution in [-0.2, 0) is 0 Å². The van der Waals surface area contributed by atoms with Crippen molar-refractivity contribution in [3.63, 3.8) is 0 Å². The molecule has 0 aromatic carbocycles. The van der Waals surface area contributed by atoms with E-state index in [2.05, 4.69) is 126 Å². The van der Waals surface area contributed by atoms with Gasteiger partial charge in [-0.3, -0.25) is 0 Å². The number of rotatable bonds is 5. The predicted molar refractivity (Wildman–Crippen MR) is 133 cm³/mol. The number of hydrogen-bond donors (Lipinski definition) is 0. The third kappa shape index (κ3) is 6.73. The second-order valence-corrected chi connectivity index (χ2v) is 25.3. The highest BCUT2D eigenvalue weighted by atomic mass is 127. The zero-order valence-electron chi connectivity index (χ0n) is 17.1. The molecule has 0 unspecified atom stereocenters. The topological polar surface area (TPSA) is 0 Å². The standard InChI is InChI=1S/C16H38B2I2Si2/c1-15(2,3)17(19)13(18(20)16(4,5)6)14(21(7,8)9)22(10,11)12/h13-14H,1-12H3. The summed E-state index contributed by atoms with van der Waals surface area (Å²) < 4.78 is 1.46. The smallest absolute Gasteiger partial charge is 0.150 e. The molecule has 0 saturated heterocycles. The van der Waals surface area contributed by atoms with Crippen LogP contribution in [0.1, 0.15) is 41.5 Å². The van der Waals surface area contributed by atoms with Gasteiger partial charge in [0.25, 0.3) is 0 Å². The highest BCUT2D eigenvalue weighted by Gasteiger charge is 2.53. The minimum Gasteiger partial charge on any atom is -0.150 e. The Kier molecular flexibility index (Phi) is 8.43. The van der Waals surface area contributed by atoms with Gasteiger partial charge in [0.1, 0.15) is 0 Å². The van der Waals surface area contributed by atoms with Crippen molar-refractivity contribution >= 4 is 70.0 Å². The molecule has 0 aromatic heterocycles. The fourth-order valence-corrected chi connectivity index (χ4v) is 21.6. The molecule has 0 N–H and O–H groups in total. The van der Waals surface area contributed by atoms with Gasteiger partial charge in [0.15, 0.2) is 0 Å². The monoisotopic (exact) mass is 562 g/mol. The molecule has 0 amide bonds. The van der Waals surface area contributed by atoms with Crippen molar-refractivity contribution in [3.8, 4) is 0 Å². The van der Waals surface area contributed by atoms with Crippen LogP contribution in [-0.4, -0.2) is 25.3 Å². The molecule has 6 heteroatoms. The van der Waals surface area contributed by atoms with Crippen LogP contribution < -0.4 is 0 Å². The molecule has 0 saturated carbocycles. The lowest BCUT2D eigenvalue weighted by atomic mass is 9.31. The summed E-state index contributed by atoms with van der Waals surface area (Å²) in [6, 6.07) is 0. The summed E-state index contributed by atoms with van der Waals surface area (Å²) in [5, 5.41) is 1.71. The first kappa shape index (κ1) is 24.0. The van der Waals surface area contributed by atoms with Crippen molar-refractivity contribution in [3.05, 3.63) is 0 Å². The molecule has 22 heavy (non-hydrogen) atoms. The van der Waals surface area contributed by atoms with Gasteiger partial charge in [-0.15, -0.1) is 44.7 Å². The summed E-state index contributed by atoms with van der Waals surface area (Å²) in [6.07, 6.45) is 0. The average molecular weight is 562 g/mol. The Morgan fingerprint density at radius 3 is 1.00 bits per heavy atom. The molecule has 0 bridgehead atoms. The maximum atomic E-state index is 2.80. The van der Waals surface area contributed by atoms with Gasteiger partial charge >= 0.3 is 0 Å². The molecule has 0 rings (SSSR count). The van der Waals surface area contributed by atoms with E-state index in [4.69, 9.17) is 0 Å². The summed E-state index contributed by atoms with van der Waals surface area (Å²) in [5.41, 5.74) is 0.819. The van der Waals surface area contributed by atoms with Crippen LogP contribution in [0, 0.1) is 0 Å². The Balaban J connectivity index is 6.15. The maximum absolute atomic E-state index is 2.80. The van der Waals surface area contributed by atoms with Crippen molar-refractivity contribution in [1.82, 2.24) is 0 Å². The normalized spacial score (nSPS) is 14.7. The Labute approximate surface area is 171 Å². The molecule has 0 fully saturated rings. The van der Waals surface area contributed by atoms with E-state index in [1.807, 2.05) is 0 Å². The average Bonchev–Trinajstić information content (AvgIpc) is 2.17. The third-order valence-corrected chi connectivity index (χ3v) is 19.7. The fourth-order valence-electron chi connectivity index (χ4n) is 4.09. The molecular formula is C16H38B2I2Si2. The second-order valence-electron chi connectivity index (χ2n) is 11.3. The lowest BCUT2D eigenvalue weighted by Crippen LogP contribution is -2.53. The van der Waals surface area contributed by atoms with Gasteiger partial charge in [0.05, 0.1) is 0 Å². The first-order valence-electron chi connectivity index (χ1n) is 8.59. The minimum atomic E-state index is -1.22. The molecule has 0 spiro atoms. The van der Waals surface area contributed by atoms with Crippen molar-refractivity contribution in [1.29, 1.82) is 0 Å².